The Balaban J connectivity index is 1.34. The number of carbonyl (C=O) groups is 1. The van der Waals surface area contributed by atoms with Gasteiger partial charge in [0.1, 0.15) is 5.75 Å². The summed E-state index contributed by atoms with van der Waals surface area (Å²) in [4.78, 5) is 17.6. The molecular weight excluding hydrogens is 356 g/mol. The number of piperidine rings is 1. The molecule has 3 rings (SSSR count). The van der Waals surface area contributed by atoms with Crippen molar-refractivity contribution in [3.05, 3.63) is 41.5 Å². The molecule has 1 saturated heterocycles. The number of ether oxygens (including phenoxy) is 2. The molecule has 2 aromatic rings. The van der Waals surface area contributed by atoms with Crippen LogP contribution in [0.25, 0.3) is 0 Å². The summed E-state index contributed by atoms with van der Waals surface area (Å²) >= 11 is 0. The summed E-state index contributed by atoms with van der Waals surface area (Å²) in [5.41, 5.74) is 1.32. The van der Waals surface area contributed by atoms with Gasteiger partial charge >= 0.3 is 5.97 Å². The second-order valence-corrected chi connectivity index (χ2v) is 7.27. The fourth-order valence-corrected chi connectivity index (χ4v) is 3.37. The van der Waals surface area contributed by atoms with E-state index in [9.17, 15) is 4.79 Å². The first-order valence-corrected chi connectivity index (χ1v) is 10.2. The normalized spacial score (nSPS) is 14.8. The molecule has 1 N–H and O–H groups in total. The summed E-state index contributed by atoms with van der Waals surface area (Å²) in [6, 6.07) is 8.44. The van der Waals surface area contributed by atoms with Gasteiger partial charge in [-0.05, 0) is 56.5 Å². The van der Waals surface area contributed by atoms with Gasteiger partial charge in [-0.2, -0.15) is 5.10 Å². The van der Waals surface area contributed by atoms with Crippen LogP contribution >= 0.6 is 0 Å². The molecule has 1 aliphatic heterocycles. The molecule has 0 atom stereocenters. The Bertz CT molecular complexity index is 741. The maximum atomic E-state index is 10.8. The lowest BCUT2D eigenvalue weighted by Gasteiger charge is -2.26. The fraction of sp³-hybridized carbons (Fsp3) is 0.571. The van der Waals surface area contributed by atoms with Gasteiger partial charge < -0.3 is 9.47 Å². The number of benzene rings is 1. The van der Waals surface area contributed by atoms with E-state index < -0.39 is 0 Å². The standard InChI is InChI=1S/C21H30N4O3/c1-17(26)28-16-21-22-20(23-24-21)10-3-6-13-27-19-9-7-8-18(14-19)15-25-11-4-2-5-12-25/h7-9,14H,2-6,10-13,15-16H2,1H3,(H,22,23,24). The molecule has 2 heterocycles. The first kappa shape index (κ1) is 20.3. The fourth-order valence-electron chi connectivity index (χ4n) is 3.37. The molecule has 1 fully saturated rings. The van der Waals surface area contributed by atoms with Gasteiger partial charge in [0.2, 0.25) is 0 Å². The average Bonchev–Trinajstić information content (AvgIpc) is 3.15. The molecule has 0 saturated carbocycles. The molecular formula is C21H30N4O3. The number of rotatable bonds is 10. The minimum absolute atomic E-state index is 0.138. The summed E-state index contributed by atoms with van der Waals surface area (Å²) < 4.78 is 10.8. The van der Waals surface area contributed by atoms with E-state index in [0.29, 0.717) is 12.4 Å². The zero-order chi connectivity index (χ0) is 19.6. The van der Waals surface area contributed by atoms with Crippen molar-refractivity contribution in [1.29, 1.82) is 0 Å². The van der Waals surface area contributed by atoms with E-state index in [1.165, 1.54) is 44.8 Å². The molecule has 0 unspecified atom stereocenters. The number of hydrogen-bond acceptors (Lipinski definition) is 6. The lowest BCUT2D eigenvalue weighted by molar-refractivity contribution is -0.142. The number of esters is 1. The van der Waals surface area contributed by atoms with Crippen LogP contribution in [0.1, 0.15) is 56.2 Å². The summed E-state index contributed by atoms with van der Waals surface area (Å²) in [6.07, 6.45) is 6.64. The molecule has 0 aliphatic carbocycles. The average molecular weight is 386 g/mol. The van der Waals surface area contributed by atoms with Crippen molar-refractivity contribution in [1.82, 2.24) is 20.1 Å². The van der Waals surface area contributed by atoms with Gasteiger partial charge in [0.05, 0.1) is 6.61 Å². The van der Waals surface area contributed by atoms with Gasteiger partial charge in [0.15, 0.2) is 18.3 Å². The molecule has 0 bridgehead atoms. The predicted octanol–water partition coefficient (Wildman–Crippen LogP) is 3.26. The van der Waals surface area contributed by atoms with Gasteiger partial charge in [-0.15, -0.1) is 0 Å². The minimum atomic E-state index is -0.324. The van der Waals surface area contributed by atoms with Crippen LogP contribution in [-0.2, 0) is 29.1 Å². The molecule has 0 radical (unpaired) electrons. The zero-order valence-electron chi connectivity index (χ0n) is 16.7. The smallest absolute Gasteiger partial charge is 0.303 e. The van der Waals surface area contributed by atoms with E-state index in [-0.39, 0.29) is 12.6 Å². The molecule has 1 aliphatic rings. The third-order valence-electron chi connectivity index (χ3n) is 4.81. The van der Waals surface area contributed by atoms with Gasteiger partial charge in [0.25, 0.3) is 0 Å². The van der Waals surface area contributed by atoms with E-state index in [0.717, 1.165) is 37.4 Å². The molecule has 0 amide bonds. The van der Waals surface area contributed by atoms with Gasteiger partial charge in [0, 0.05) is 19.9 Å². The summed E-state index contributed by atoms with van der Waals surface area (Å²) in [7, 11) is 0. The zero-order valence-corrected chi connectivity index (χ0v) is 16.7. The Morgan fingerprint density at radius 1 is 1.21 bits per heavy atom. The highest BCUT2D eigenvalue weighted by molar-refractivity contribution is 5.65. The van der Waals surface area contributed by atoms with Gasteiger partial charge in [-0.25, -0.2) is 4.98 Å². The minimum Gasteiger partial charge on any atom is -0.494 e. The largest absolute Gasteiger partial charge is 0.494 e. The van der Waals surface area contributed by atoms with Crippen molar-refractivity contribution in [3.8, 4) is 5.75 Å². The lowest BCUT2D eigenvalue weighted by atomic mass is 10.1. The Hall–Kier alpha value is -2.41. The SMILES string of the molecule is CC(=O)OCc1nc(CCCCOc2cccc(CN3CCCCC3)c2)n[nH]1. The number of unbranched alkanes of at least 4 members (excludes halogenated alkanes) is 1. The van der Waals surface area contributed by atoms with Crippen molar-refractivity contribution in [3.63, 3.8) is 0 Å². The topological polar surface area (TPSA) is 80.3 Å². The van der Waals surface area contributed by atoms with E-state index in [4.69, 9.17) is 9.47 Å². The number of carbonyl (C=O) groups excluding carboxylic acids is 1. The third-order valence-corrected chi connectivity index (χ3v) is 4.81. The number of nitrogens with zero attached hydrogens (tertiary/aromatic N) is 3. The van der Waals surface area contributed by atoms with Crippen molar-refractivity contribution in [2.75, 3.05) is 19.7 Å². The van der Waals surface area contributed by atoms with Crippen molar-refractivity contribution < 1.29 is 14.3 Å². The van der Waals surface area contributed by atoms with Crippen molar-refractivity contribution in [2.45, 2.75) is 58.6 Å². The number of aryl methyl sites for hydroxylation is 1. The maximum Gasteiger partial charge on any atom is 0.303 e. The van der Waals surface area contributed by atoms with E-state index in [2.05, 4.69) is 38.3 Å². The van der Waals surface area contributed by atoms with Crippen molar-refractivity contribution in [2.24, 2.45) is 0 Å². The molecule has 7 nitrogen and oxygen atoms in total. The highest BCUT2D eigenvalue weighted by atomic mass is 16.5. The predicted molar refractivity (Wildman–Crippen MR) is 106 cm³/mol. The molecule has 1 aromatic carbocycles. The second kappa shape index (κ2) is 10.8. The van der Waals surface area contributed by atoms with E-state index in [1.807, 2.05) is 6.07 Å². The number of H-pyrrole nitrogens is 1. The molecule has 1 aromatic heterocycles. The Kier molecular flexibility index (Phi) is 7.84. The van der Waals surface area contributed by atoms with Crippen LogP contribution in [0, 0.1) is 0 Å². The second-order valence-electron chi connectivity index (χ2n) is 7.27. The monoisotopic (exact) mass is 386 g/mol. The third kappa shape index (κ3) is 6.96. The first-order chi connectivity index (χ1) is 13.7. The van der Waals surface area contributed by atoms with E-state index >= 15 is 0 Å². The van der Waals surface area contributed by atoms with Crippen LogP contribution in [0.3, 0.4) is 0 Å². The van der Waals surface area contributed by atoms with Crippen LogP contribution in [0.5, 0.6) is 5.75 Å². The quantitative estimate of drug-likeness (QED) is 0.499. The first-order valence-electron chi connectivity index (χ1n) is 10.2. The Morgan fingerprint density at radius 3 is 2.89 bits per heavy atom. The van der Waals surface area contributed by atoms with Gasteiger partial charge in [-0.1, -0.05) is 18.6 Å². The van der Waals surface area contributed by atoms with Crippen LogP contribution in [-0.4, -0.2) is 45.7 Å². The number of likely N-dealkylation sites (tertiary alicyclic amines) is 1. The van der Waals surface area contributed by atoms with Crippen LogP contribution in [0.4, 0.5) is 0 Å². The van der Waals surface area contributed by atoms with Crippen LogP contribution < -0.4 is 4.74 Å². The summed E-state index contributed by atoms with van der Waals surface area (Å²) in [6.45, 7) is 5.61. The highest BCUT2D eigenvalue weighted by Gasteiger charge is 2.10. The Labute approximate surface area is 166 Å². The number of aromatic nitrogens is 3. The molecule has 152 valence electrons. The maximum absolute atomic E-state index is 10.8. The molecule has 0 spiro atoms. The van der Waals surface area contributed by atoms with Crippen LogP contribution in [0.2, 0.25) is 0 Å². The Morgan fingerprint density at radius 2 is 2.07 bits per heavy atom. The summed E-state index contributed by atoms with van der Waals surface area (Å²) in [5.74, 6) is 1.93. The molecule has 7 heteroatoms. The number of nitrogens with one attached hydrogen (secondary N) is 1. The highest BCUT2D eigenvalue weighted by Crippen LogP contribution is 2.18. The number of hydrogen-bond donors (Lipinski definition) is 1. The molecule has 28 heavy (non-hydrogen) atoms. The lowest BCUT2D eigenvalue weighted by Crippen LogP contribution is -2.29. The number of aromatic amines is 1. The summed E-state index contributed by atoms with van der Waals surface area (Å²) in [5, 5.41) is 6.94. The van der Waals surface area contributed by atoms with E-state index in [1.54, 1.807) is 0 Å². The van der Waals surface area contributed by atoms with Gasteiger partial charge in [-0.3, -0.25) is 14.8 Å². The van der Waals surface area contributed by atoms with Crippen molar-refractivity contribution >= 4 is 5.97 Å². The van der Waals surface area contributed by atoms with Crippen LogP contribution in [0.15, 0.2) is 24.3 Å².